The lowest BCUT2D eigenvalue weighted by Crippen LogP contribution is -2.33. The second-order valence-electron chi connectivity index (χ2n) is 5.64. The summed E-state index contributed by atoms with van der Waals surface area (Å²) in [5.41, 5.74) is 0.868. The Kier molecular flexibility index (Phi) is 4.90. The fraction of sp³-hybridized carbons (Fsp3) is 0.353. The Morgan fingerprint density at radius 1 is 1.25 bits per heavy atom. The molecule has 1 N–H and O–H groups in total. The van der Waals surface area contributed by atoms with Crippen molar-refractivity contribution < 1.29 is 9.26 Å². The largest absolute Gasteiger partial charge is 0.497 e. The lowest BCUT2D eigenvalue weighted by Gasteiger charge is -2.20. The van der Waals surface area contributed by atoms with E-state index in [1.165, 1.54) is 0 Å². The predicted octanol–water partition coefficient (Wildman–Crippen LogP) is 2.68. The van der Waals surface area contributed by atoms with Gasteiger partial charge in [-0.15, -0.1) is 0 Å². The maximum atomic E-state index is 5.33. The predicted molar refractivity (Wildman–Crippen MR) is 89.5 cm³/mol. The number of methoxy groups -OCH3 is 1. The fourth-order valence-electron chi connectivity index (χ4n) is 2.35. The van der Waals surface area contributed by atoms with E-state index >= 15 is 0 Å². The topological polar surface area (TPSA) is 78.0 Å². The summed E-state index contributed by atoms with van der Waals surface area (Å²) in [4.78, 5) is 4.43. The number of hydrogen-bond donors (Lipinski definition) is 1. The van der Waals surface area contributed by atoms with Crippen LogP contribution in [0.2, 0.25) is 0 Å². The molecule has 2 atom stereocenters. The number of rotatable bonds is 7. The standard InChI is InChI=1S/C17H21N5O2/c1-12(13(2)22-10-4-9-19-22)18-11-16-20-17(24-21-16)14-5-7-15(23-3)8-6-14/h4-10,12-13,18H,11H2,1-3H3. The van der Waals surface area contributed by atoms with E-state index < -0.39 is 0 Å². The van der Waals surface area contributed by atoms with Gasteiger partial charge in [0.25, 0.3) is 5.89 Å². The molecule has 7 nitrogen and oxygen atoms in total. The quantitative estimate of drug-likeness (QED) is 0.719. The zero-order chi connectivity index (χ0) is 16.9. The maximum absolute atomic E-state index is 5.33. The molecule has 0 aliphatic carbocycles. The molecule has 0 fully saturated rings. The number of nitrogens with one attached hydrogen (secondary N) is 1. The van der Waals surface area contributed by atoms with Crippen molar-refractivity contribution in [3.8, 4) is 17.2 Å². The summed E-state index contributed by atoms with van der Waals surface area (Å²) in [6.45, 7) is 4.76. The summed E-state index contributed by atoms with van der Waals surface area (Å²) >= 11 is 0. The van der Waals surface area contributed by atoms with Gasteiger partial charge in [0.1, 0.15) is 5.75 Å². The Labute approximate surface area is 140 Å². The van der Waals surface area contributed by atoms with Crippen molar-refractivity contribution in [1.82, 2.24) is 25.2 Å². The minimum atomic E-state index is 0.216. The second kappa shape index (κ2) is 7.27. The van der Waals surface area contributed by atoms with Gasteiger partial charge in [-0.1, -0.05) is 5.16 Å². The Morgan fingerprint density at radius 3 is 2.71 bits per heavy atom. The van der Waals surface area contributed by atoms with E-state index in [9.17, 15) is 0 Å². The molecule has 0 amide bonds. The third-order valence-corrected chi connectivity index (χ3v) is 4.05. The van der Waals surface area contributed by atoms with Gasteiger partial charge in [-0.3, -0.25) is 4.68 Å². The molecule has 0 saturated carbocycles. The Morgan fingerprint density at radius 2 is 2.04 bits per heavy atom. The first kappa shape index (κ1) is 16.2. The zero-order valence-electron chi connectivity index (χ0n) is 14.0. The Hall–Kier alpha value is -2.67. The first-order valence-corrected chi connectivity index (χ1v) is 7.87. The molecule has 0 radical (unpaired) electrons. The van der Waals surface area contributed by atoms with Gasteiger partial charge in [0, 0.05) is 24.0 Å². The van der Waals surface area contributed by atoms with Gasteiger partial charge in [0.15, 0.2) is 5.82 Å². The van der Waals surface area contributed by atoms with Crippen LogP contribution in [-0.4, -0.2) is 33.1 Å². The van der Waals surface area contributed by atoms with Crippen molar-refractivity contribution in [2.45, 2.75) is 32.5 Å². The molecule has 24 heavy (non-hydrogen) atoms. The molecule has 2 unspecified atom stereocenters. The molecule has 2 aromatic heterocycles. The molecular weight excluding hydrogens is 306 g/mol. The van der Waals surface area contributed by atoms with Crippen molar-refractivity contribution in [3.63, 3.8) is 0 Å². The van der Waals surface area contributed by atoms with Gasteiger partial charge >= 0.3 is 0 Å². The van der Waals surface area contributed by atoms with E-state index in [0.717, 1.165) is 11.3 Å². The number of nitrogens with zero attached hydrogens (tertiary/aromatic N) is 4. The Balaban J connectivity index is 1.59. The van der Waals surface area contributed by atoms with Gasteiger partial charge < -0.3 is 14.6 Å². The number of ether oxygens (including phenoxy) is 1. The summed E-state index contributed by atoms with van der Waals surface area (Å²) in [7, 11) is 1.64. The lowest BCUT2D eigenvalue weighted by molar-refractivity contribution is 0.357. The van der Waals surface area contributed by atoms with E-state index in [4.69, 9.17) is 9.26 Å². The van der Waals surface area contributed by atoms with E-state index in [2.05, 4.69) is 34.4 Å². The van der Waals surface area contributed by atoms with Crippen LogP contribution in [0.1, 0.15) is 25.7 Å². The van der Waals surface area contributed by atoms with Crippen molar-refractivity contribution in [2.75, 3.05) is 7.11 Å². The third-order valence-electron chi connectivity index (χ3n) is 4.05. The highest BCUT2D eigenvalue weighted by Gasteiger charge is 2.15. The SMILES string of the molecule is COc1ccc(-c2nc(CNC(C)C(C)n3cccn3)no2)cc1. The first-order chi connectivity index (χ1) is 11.7. The van der Waals surface area contributed by atoms with Crippen LogP contribution in [0.4, 0.5) is 0 Å². The zero-order valence-corrected chi connectivity index (χ0v) is 14.0. The van der Waals surface area contributed by atoms with Crippen LogP contribution in [0, 0.1) is 0 Å². The van der Waals surface area contributed by atoms with E-state index in [-0.39, 0.29) is 12.1 Å². The highest BCUT2D eigenvalue weighted by atomic mass is 16.5. The summed E-state index contributed by atoms with van der Waals surface area (Å²) in [6.07, 6.45) is 3.74. The smallest absolute Gasteiger partial charge is 0.257 e. The van der Waals surface area contributed by atoms with Gasteiger partial charge in [0.05, 0.1) is 19.7 Å². The summed E-state index contributed by atoms with van der Waals surface area (Å²) in [5, 5.41) is 11.7. The number of benzene rings is 1. The normalized spacial score (nSPS) is 13.6. The van der Waals surface area contributed by atoms with Crippen LogP contribution in [-0.2, 0) is 6.54 Å². The molecule has 0 spiro atoms. The van der Waals surface area contributed by atoms with Crippen LogP contribution in [0.3, 0.4) is 0 Å². The average molecular weight is 327 g/mol. The summed E-state index contributed by atoms with van der Waals surface area (Å²) in [5.74, 6) is 1.92. The molecule has 1 aromatic carbocycles. The van der Waals surface area contributed by atoms with Crippen LogP contribution in [0.15, 0.2) is 47.2 Å². The second-order valence-corrected chi connectivity index (χ2v) is 5.64. The molecule has 7 heteroatoms. The van der Waals surface area contributed by atoms with Gasteiger partial charge in [-0.2, -0.15) is 10.1 Å². The van der Waals surface area contributed by atoms with Gasteiger partial charge in [-0.25, -0.2) is 0 Å². The van der Waals surface area contributed by atoms with E-state index in [0.29, 0.717) is 18.3 Å². The minimum Gasteiger partial charge on any atom is -0.497 e. The van der Waals surface area contributed by atoms with Crippen LogP contribution >= 0.6 is 0 Å². The first-order valence-electron chi connectivity index (χ1n) is 7.87. The minimum absolute atomic E-state index is 0.216. The van der Waals surface area contributed by atoms with Crippen LogP contribution < -0.4 is 10.1 Å². The van der Waals surface area contributed by atoms with Gasteiger partial charge in [0.2, 0.25) is 0 Å². The lowest BCUT2D eigenvalue weighted by atomic mass is 10.2. The number of aromatic nitrogens is 4. The van der Waals surface area contributed by atoms with E-state index in [1.54, 1.807) is 13.3 Å². The maximum Gasteiger partial charge on any atom is 0.257 e. The van der Waals surface area contributed by atoms with E-state index in [1.807, 2.05) is 41.2 Å². The number of hydrogen-bond acceptors (Lipinski definition) is 6. The Bertz CT molecular complexity index is 752. The van der Waals surface area contributed by atoms with Crippen LogP contribution in [0.25, 0.3) is 11.5 Å². The van der Waals surface area contributed by atoms with Crippen molar-refractivity contribution in [1.29, 1.82) is 0 Å². The van der Waals surface area contributed by atoms with Crippen LogP contribution in [0.5, 0.6) is 5.75 Å². The average Bonchev–Trinajstić information content (AvgIpc) is 3.31. The molecule has 3 rings (SSSR count). The summed E-state index contributed by atoms with van der Waals surface area (Å²) < 4.78 is 12.4. The third kappa shape index (κ3) is 3.62. The molecule has 2 heterocycles. The molecule has 126 valence electrons. The fourth-order valence-corrected chi connectivity index (χ4v) is 2.35. The summed E-state index contributed by atoms with van der Waals surface area (Å²) in [6, 6.07) is 9.89. The van der Waals surface area contributed by atoms with Crippen molar-refractivity contribution >= 4 is 0 Å². The molecule has 0 saturated heterocycles. The van der Waals surface area contributed by atoms with Crippen molar-refractivity contribution in [3.05, 3.63) is 48.5 Å². The monoisotopic (exact) mass is 327 g/mol. The van der Waals surface area contributed by atoms with Gasteiger partial charge in [-0.05, 0) is 44.2 Å². The van der Waals surface area contributed by atoms with Crippen molar-refractivity contribution in [2.24, 2.45) is 0 Å². The highest BCUT2D eigenvalue weighted by Crippen LogP contribution is 2.20. The molecule has 3 aromatic rings. The molecule has 0 bridgehead atoms. The molecule has 0 aliphatic heterocycles. The molecule has 0 aliphatic rings. The highest BCUT2D eigenvalue weighted by molar-refractivity contribution is 5.54. The molecular formula is C17H21N5O2.